The van der Waals surface area contributed by atoms with Gasteiger partial charge in [0.15, 0.2) is 0 Å². The number of carbonyl (C=O) groups is 1. The molecule has 0 spiro atoms. The molecule has 0 amide bonds. The van der Waals surface area contributed by atoms with Gasteiger partial charge in [-0.2, -0.15) is 0 Å². The maximum absolute atomic E-state index is 11.1. The summed E-state index contributed by atoms with van der Waals surface area (Å²) in [6.45, 7) is 7.03. The summed E-state index contributed by atoms with van der Waals surface area (Å²) in [4.78, 5) is 17.7. The highest BCUT2D eigenvalue weighted by Gasteiger charge is 2.13. The molecule has 5 heteroatoms. The number of aliphatic imine (C=N–C) groups is 1. The molecule has 0 bridgehead atoms. The molecule has 0 N–H and O–H groups in total. The molecule has 28 heavy (non-hydrogen) atoms. The van der Waals surface area contributed by atoms with Crippen LogP contribution >= 0.6 is 0 Å². The summed E-state index contributed by atoms with van der Waals surface area (Å²) in [5, 5.41) is 0. The Kier molecular flexibility index (Phi) is 9.60. The third kappa shape index (κ3) is 8.15. The van der Waals surface area contributed by atoms with E-state index in [2.05, 4.69) is 28.9 Å². The largest absolute Gasteiger partial charge is 0.494 e. The molecule has 1 aliphatic heterocycles. The van der Waals surface area contributed by atoms with Gasteiger partial charge < -0.3 is 14.4 Å². The maximum Gasteiger partial charge on any atom is 0.302 e. The van der Waals surface area contributed by atoms with E-state index in [4.69, 9.17) is 9.47 Å². The number of esters is 1. The molecular weight excluding hydrogens is 352 g/mol. The minimum Gasteiger partial charge on any atom is -0.494 e. The van der Waals surface area contributed by atoms with Crippen LogP contribution in [0.4, 0.5) is 5.69 Å². The molecule has 1 heterocycles. The lowest BCUT2D eigenvalue weighted by Crippen LogP contribution is -2.23. The van der Waals surface area contributed by atoms with Crippen molar-refractivity contribution in [3.05, 3.63) is 36.2 Å². The zero-order valence-electron chi connectivity index (χ0n) is 17.5. The van der Waals surface area contributed by atoms with Crippen molar-refractivity contribution in [1.29, 1.82) is 0 Å². The average molecular weight is 387 g/mol. The Hall–Kier alpha value is -2.30. The van der Waals surface area contributed by atoms with Crippen molar-refractivity contribution >= 4 is 17.9 Å². The summed E-state index contributed by atoms with van der Waals surface area (Å²) in [7, 11) is 0. The van der Waals surface area contributed by atoms with Crippen LogP contribution < -0.4 is 9.64 Å². The monoisotopic (exact) mass is 386 g/mol. The molecule has 1 aromatic rings. The minimum atomic E-state index is -0.264. The molecule has 0 fully saturated rings. The van der Waals surface area contributed by atoms with Gasteiger partial charge in [-0.05, 0) is 25.5 Å². The van der Waals surface area contributed by atoms with Crippen LogP contribution in [0.1, 0.15) is 65.7 Å². The van der Waals surface area contributed by atoms with Crippen molar-refractivity contribution in [3.8, 4) is 5.75 Å². The number of benzene rings is 1. The fourth-order valence-corrected chi connectivity index (χ4v) is 3.24. The second kappa shape index (κ2) is 12.2. The first-order chi connectivity index (χ1) is 13.6. The fraction of sp³-hybridized carbons (Fsp3) is 0.565. The lowest BCUT2D eigenvalue weighted by molar-refractivity contribution is -0.145. The standard InChI is InChI=1S/C23H34N2O3/c1-4-5-6-7-8-9-15-27-23-12-10-11-22(17-23)25-14-13-24-21(18-25)16-19(2)28-20(3)26/h10-13,17-19H,4-9,14-16H2,1-3H3. The quantitative estimate of drug-likeness (QED) is 0.351. The number of hydrogen-bond acceptors (Lipinski definition) is 5. The summed E-state index contributed by atoms with van der Waals surface area (Å²) >= 11 is 0. The molecular formula is C23H34N2O3. The van der Waals surface area contributed by atoms with Crippen molar-refractivity contribution in [1.82, 2.24) is 0 Å². The molecule has 1 atom stereocenters. The highest BCUT2D eigenvalue weighted by atomic mass is 16.5. The number of nitrogens with zero attached hydrogens (tertiary/aromatic N) is 2. The van der Waals surface area contributed by atoms with Crippen LogP contribution in [-0.4, -0.2) is 31.4 Å². The lowest BCUT2D eigenvalue weighted by atomic mass is 10.1. The SMILES string of the molecule is CCCCCCCCOc1cccc(N2C=C(CC(C)OC(C)=O)N=CC2)c1. The van der Waals surface area contributed by atoms with Crippen LogP contribution in [-0.2, 0) is 9.53 Å². The normalized spacial score (nSPS) is 14.5. The fourth-order valence-electron chi connectivity index (χ4n) is 3.24. The van der Waals surface area contributed by atoms with Crippen molar-refractivity contribution < 1.29 is 14.3 Å². The third-order valence-corrected chi connectivity index (χ3v) is 4.62. The topological polar surface area (TPSA) is 51.1 Å². The number of unbranched alkanes of at least 4 members (excludes halogenated alkanes) is 5. The summed E-state index contributed by atoms with van der Waals surface area (Å²) in [6, 6.07) is 8.17. The summed E-state index contributed by atoms with van der Waals surface area (Å²) in [5.41, 5.74) is 1.97. The van der Waals surface area contributed by atoms with Gasteiger partial charge in [-0.3, -0.25) is 9.79 Å². The van der Waals surface area contributed by atoms with E-state index >= 15 is 0 Å². The molecule has 0 saturated carbocycles. The second-order valence-electron chi connectivity index (χ2n) is 7.32. The number of ether oxygens (including phenoxy) is 2. The molecule has 1 aromatic carbocycles. The van der Waals surface area contributed by atoms with Crippen LogP contribution in [0.5, 0.6) is 5.75 Å². The van der Waals surface area contributed by atoms with Crippen molar-refractivity contribution in [2.75, 3.05) is 18.1 Å². The molecule has 5 nitrogen and oxygen atoms in total. The van der Waals surface area contributed by atoms with Gasteiger partial charge >= 0.3 is 5.97 Å². The Bertz CT molecular complexity index is 670. The van der Waals surface area contributed by atoms with Crippen molar-refractivity contribution in [2.24, 2.45) is 4.99 Å². The summed E-state index contributed by atoms with van der Waals surface area (Å²) in [5.74, 6) is 0.636. The predicted molar refractivity (Wildman–Crippen MR) is 115 cm³/mol. The van der Waals surface area contributed by atoms with Crippen molar-refractivity contribution in [2.45, 2.75) is 71.8 Å². The molecule has 0 aromatic heterocycles. The number of hydrogen-bond donors (Lipinski definition) is 0. The van der Waals surface area contributed by atoms with Crippen LogP contribution in [0.2, 0.25) is 0 Å². The third-order valence-electron chi connectivity index (χ3n) is 4.62. The van der Waals surface area contributed by atoms with Gasteiger partial charge in [0.25, 0.3) is 0 Å². The van der Waals surface area contributed by atoms with E-state index in [9.17, 15) is 4.79 Å². The van der Waals surface area contributed by atoms with Crippen LogP contribution in [0.25, 0.3) is 0 Å². The zero-order valence-corrected chi connectivity index (χ0v) is 17.5. The minimum absolute atomic E-state index is 0.187. The van der Waals surface area contributed by atoms with Gasteiger partial charge in [0.1, 0.15) is 11.9 Å². The summed E-state index contributed by atoms with van der Waals surface area (Å²) in [6.07, 6.45) is 11.9. The van der Waals surface area contributed by atoms with E-state index in [0.29, 0.717) is 13.0 Å². The molecule has 1 aliphatic rings. The van der Waals surface area contributed by atoms with Gasteiger partial charge in [0.05, 0.1) is 18.8 Å². The molecule has 0 radical (unpaired) electrons. The maximum atomic E-state index is 11.1. The van der Waals surface area contributed by atoms with Gasteiger partial charge in [-0.1, -0.05) is 45.1 Å². The molecule has 154 valence electrons. The van der Waals surface area contributed by atoms with Crippen LogP contribution in [0, 0.1) is 0 Å². The van der Waals surface area contributed by atoms with Crippen molar-refractivity contribution in [3.63, 3.8) is 0 Å². The van der Waals surface area contributed by atoms with E-state index in [-0.39, 0.29) is 12.1 Å². The number of carbonyl (C=O) groups excluding carboxylic acids is 1. The Labute approximate surface area is 169 Å². The Morgan fingerprint density at radius 1 is 1.21 bits per heavy atom. The molecule has 0 aliphatic carbocycles. The van der Waals surface area contributed by atoms with E-state index in [1.807, 2.05) is 31.5 Å². The van der Waals surface area contributed by atoms with E-state index in [0.717, 1.165) is 30.2 Å². The van der Waals surface area contributed by atoms with E-state index in [1.54, 1.807) is 0 Å². The van der Waals surface area contributed by atoms with E-state index < -0.39 is 0 Å². The van der Waals surface area contributed by atoms with Gasteiger partial charge in [0.2, 0.25) is 0 Å². The first-order valence-corrected chi connectivity index (χ1v) is 10.5. The molecule has 2 rings (SSSR count). The molecule has 0 saturated heterocycles. The smallest absolute Gasteiger partial charge is 0.302 e. The average Bonchev–Trinajstić information content (AvgIpc) is 2.67. The van der Waals surface area contributed by atoms with Gasteiger partial charge in [0, 0.05) is 37.5 Å². The zero-order chi connectivity index (χ0) is 20.2. The lowest BCUT2D eigenvalue weighted by Gasteiger charge is -2.24. The Morgan fingerprint density at radius 3 is 2.79 bits per heavy atom. The highest BCUT2D eigenvalue weighted by molar-refractivity contribution is 5.71. The predicted octanol–water partition coefficient (Wildman–Crippen LogP) is 5.50. The first-order valence-electron chi connectivity index (χ1n) is 10.5. The van der Waals surface area contributed by atoms with E-state index in [1.165, 1.54) is 39.0 Å². The number of rotatable bonds is 12. The number of anilines is 1. The van der Waals surface area contributed by atoms with Crippen LogP contribution in [0.15, 0.2) is 41.2 Å². The first kappa shape index (κ1) is 22.0. The molecule has 1 unspecified atom stereocenters. The van der Waals surface area contributed by atoms with Gasteiger partial charge in [-0.25, -0.2) is 0 Å². The van der Waals surface area contributed by atoms with Crippen LogP contribution in [0.3, 0.4) is 0 Å². The second-order valence-corrected chi connectivity index (χ2v) is 7.32. The Morgan fingerprint density at radius 2 is 2.00 bits per heavy atom. The highest BCUT2D eigenvalue weighted by Crippen LogP contribution is 2.24. The van der Waals surface area contributed by atoms with Gasteiger partial charge in [-0.15, -0.1) is 0 Å². The Balaban J connectivity index is 1.85. The summed E-state index contributed by atoms with van der Waals surface area (Å²) < 4.78 is 11.1.